The molecule has 5 rings (SSSR count). The zero-order valence-electron chi connectivity index (χ0n) is 17.3. The van der Waals surface area contributed by atoms with Gasteiger partial charge in [0.05, 0.1) is 13.2 Å². The molecule has 3 heterocycles. The van der Waals surface area contributed by atoms with Crippen molar-refractivity contribution in [2.45, 2.75) is 50.0 Å². The highest BCUT2D eigenvalue weighted by Crippen LogP contribution is 2.43. The van der Waals surface area contributed by atoms with E-state index in [4.69, 9.17) is 9.47 Å². The van der Waals surface area contributed by atoms with Crippen LogP contribution in [0.2, 0.25) is 0 Å². The number of likely N-dealkylation sites (tertiary alicyclic amines) is 1. The summed E-state index contributed by atoms with van der Waals surface area (Å²) in [5, 5.41) is 2.90. The zero-order chi connectivity index (χ0) is 21.6. The molecule has 2 spiro atoms. The molecule has 1 aliphatic carbocycles. The summed E-state index contributed by atoms with van der Waals surface area (Å²) in [5.41, 5.74) is -0.453. The van der Waals surface area contributed by atoms with Crippen molar-refractivity contribution in [1.82, 2.24) is 15.1 Å². The monoisotopic (exact) mass is 431 g/mol. The highest BCUT2D eigenvalue weighted by Gasteiger charge is 2.56. The van der Waals surface area contributed by atoms with E-state index in [1.54, 1.807) is 23.1 Å². The molecule has 1 aromatic carbocycles. The lowest BCUT2D eigenvalue weighted by molar-refractivity contribution is -0.186. The Morgan fingerprint density at radius 1 is 1.06 bits per heavy atom. The Labute approximate surface area is 179 Å². The molecule has 8 nitrogen and oxygen atoms in total. The number of urea groups is 1. The number of carbonyl (C=O) groups excluding carboxylic acids is 3. The Hall–Kier alpha value is -2.52. The van der Waals surface area contributed by atoms with Crippen LogP contribution in [-0.4, -0.2) is 65.3 Å². The molecule has 1 atom stereocenters. The van der Waals surface area contributed by atoms with Gasteiger partial charge in [-0.1, -0.05) is 18.2 Å². The van der Waals surface area contributed by atoms with Crippen LogP contribution in [0.1, 0.15) is 37.7 Å². The number of rotatable bonds is 4. The van der Waals surface area contributed by atoms with E-state index in [1.165, 1.54) is 11.0 Å². The highest BCUT2D eigenvalue weighted by atomic mass is 19.1. The van der Waals surface area contributed by atoms with Gasteiger partial charge in [-0.15, -0.1) is 0 Å². The minimum Gasteiger partial charge on any atom is -0.348 e. The van der Waals surface area contributed by atoms with Crippen LogP contribution in [0.5, 0.6) is 0 Å². The number of ether oxygens (including phenoxy) is 2. The second-order valence-corrected chi connectivity index (χ2v) is 8.97. The van der Waals surface area contributed by atoms with Gasteiger partial charge in [-0.2, -0.15) is 0 Å². The van der Waals surface area contributed by atoms with Crippen molar-refractivity contribution >= 4 is 17.8 Å². The Kier molecular flexibility index (Phi) is 4.97. The molecular formula is C22H26FN3O5. The van der Waals surface area contributed by atoms with Gasteiger partial charge in [-0.25, -0.2) is 9.18 Å². The molecule has 3 saturated heterocycles. The molecule has 4 amide bonds. The Bertz CT molecular complexity index is 906. The molecular weight excluding hydrogens is 405 g/mol. The fraction of sp³-hybridized carbons (Fsp3) is 0.591. The molecule has 1 unspecified atom stereocenters. The molecule has 1 aromatic rings. The number of amides is 4. The summed E-state index contributed by atoms with van der Waals surface area (Å²) < 4.78 is 25.4. The molecule has 0 radical (unpaired) electrons. The molecule has 166 valence electrons. The number of benzene rings is 1. The third kappa shape index (κ3) is 3.59. The van der Waals surface area contributed by atoms with Crippen molar-refractivity contribution in [3.63, 3.8) is 0 Å². The molecule has 31 heavy (non-hydrogen) atoms. The van der Waals surface area contributed by atoms with Crippen LogP contribution in [0.4, 0.5) is 9.18 Å². The number of nitrogens with one attached hydrogen (secondary N) is 1. The summed E-state index contributed by atoms with van der Waals surface area (Å²) in [6.45, 7) is 1.87. The average molecular weight is 431 g/mol. The standard InChI is InChI=1S/C22H26FN3O5/c23-17-4-2-1-3-16(17)14-25-12-15(11-18(25)27)13-26-19(28)21(24-20(26)29)5-7-22(8-6-21)30-9-10-31-22/h1-4,15H,5-14H2,(H,24,29). The quantitative estimate of drug-likeness (QED) is 0.735. The lowest BCUT2D eigenvalue weighted by atomic mass is 9.78. The number of imide groups is 1. The summed E-state index contributed by atoms with van der Waals surface area (Å²) in [4.78, 5) is 41.1. The minimum absolute atomic E-state index is 0.0924. The van der Waals surface area contributed by atoms with Crippen LogP contribution in [-0.2, 0) is 25.6 Å². The molecule has 3 aliphatic heterocycles. The van der Waals surface area contributed by atoms with Crippen LogP contribution in [0.3, 0.4) is 0 Å². The molecule has 0 aromatic heterocycles. The van der Waals surface area contributed by atoms with Crippen LogP contribution in [0, 0.1) is 11.7 Å². The van der Waals surface area contributed by atoms with Crippen molar-refractivity contribution in [2.75, 3.05) is 26.3 Å². The molecule has 1 N–H and O–H groups in total. The maximum Gasteiger partial charge on any atom is 0.325 e. The maximum atomic E-state index is 13.9. The van der Waals surface area contributed by atoms with Crippen LogP contribution in [0.25, 0.3) is 0 Å². The minimum atomic E-state index is -0.910. The van der Waals surface area contributed by atoms with Crippen molar-refractivity contribution in [3.05, 3.63) is 35.6 Å². The Balaban J connectivity index is 1.21. The van der Waals surface area contributed by atoms with E-state index < -0.39 is 17.4 Å². The largest absolute Gasteiger partial charge is 0.348 e. The first-order chi connectivity index (χ1) is 14.9. The van der Waals surface area contributed by atoms with Gasteiger partial charge in [0.1, 0.15) is 11.4 Å². The molecule has 9 heteroatoms. The first-order valence-corrected chi connectivity index (χ1v) is 10.8. The number of hydrogen-bond donors (Lipinski definition) is 1. The average Bonchev–Trinajstić information content (AvgIpc) is 3.41. The number of hydrogen-bond acceptors (Lipinski definition) is 5. The van der Waals surface area contributed by atoms with Gasteiger partial charge >= 0.3 is 6.03 Å². The van der Waals surface area contributed by atoms with Gasteiger partial charge in [0.15, 0.2) is 5.79 Å². The summed E-state index contributed by atoms with van der Waals surface area (Å²) in [6.07, 6.45) is 2.30. The first kappa shape index (κ1) is 20.4. The molecule has 1 saturated carbocycles. The Morgan fingerprint density at radius 3 is 2.48 bits per heavy atom. The fourth-order valence-corrected chi connectivity index (χ4v) is 5.24. The summed E-state index contributed by atoms with van der Waals surface area (Å²) in [6, 6.07) is 5.97. The second kappa shape index (κ2) is 7.56. The SMILES string of the molecule is O=C1CC(CN2C(=O)NC3(CCC4(CC3)OCCO4)C2=O)CN1Cc1ccccc1F. The lowest BCUT2D eigenvalue weighted by Gasteiger charge is -2.39. The van der Waals surface area contributed by atoms with Gasteiger partial charge in [0, 0.05) is 50.4 Å². The smallest absolute Gasteiger partial charge is 0.325 e. The zero-order valence-corrected chi connectivity index (χ0v) is 17.3. The lowest BCUT2D eigenvalue weighted by Crippen LogP contribution is -2.53. The van der Waals surface area contributed by atoms with E-state index in [0.29, 0.717) is 51.0 Å². The molecule has 4 fully saturated rings. The predicted octanol–water partition coefficient (Wildman–Crippen LogP) is 1.78. The van der Waals surface area contributed by atoms with Crippen LogP contribution >= 0.6 is 0 Å². The van der Waals surface area contributed by atoms with E-state index in [9.17, 15) is 18.8 Å². The fourth-order valence-electron chi connectivity index (χ4n) is 5.24. The van der Waals surface area contributed by atoms with Crippen molar-refractivity contribution < 1.29 is 28.2 Å². The van der Waals surface area contributed by atoms with Gasteiger partial charge in [0.25, 0.3) is 5.91 Å². The van der Waals surface area contributed by atoms with E-state index in [-0.39, 0.29) is 43.1 Å². The topological polar surface area (TPSA) is 88.2 Å². The second-order valence-electron chi connectivity index (χ2n) is 8.97. The third-order valence-electron chi connectivity index (χ3n) is 6.98. The summed E-state index contributed by atoms with van der Waals surface area (Å²) >= 11 is 0. The van der Waals surface area contributed by atoms with Gasteiger partial charge < -0.3 is 19.7 Å². The first-order valence-electron chi connectivity index (χ1n) is 10.8. The third-order valence-corrected chi connectivity index (χ3v) is 6.98. The number of nitrogens with zero attached hydrogens (tertiary/aromatic N) is 2. The van der Waals surface area contributed by atoms with Gasteiger partial charge in [0.2, 0.25) is 5.91 Å². The predicted molar refractivity (Wildman–Crippen MR) is 106 cm³/mol. The van der Waals surface area contributed by atoms with E-state index in [2.05, 4.69) is 5.32 Å². The highest BCUT2D eigenvalue weighted by molar-refractivity contribution is 6.07. The number of carbonyl (C=O) groups is 3. The summed E-state index contributed by atoms with van der Waals surface area (Å²) in [7, 11) is 0. The Morgan fingerprint density at radius 2 is 1.77 bits per heavy atom. The van der Waals surface area contributed by atoms with E-state index in [0.717, 1.165) is 0 Å². The number of halogens is 1. The van der Waals surface area contributed by atoms with Crippen molar-refractivity contribution in [2.24, 2.45) is 5.92 Å². The summed E-state index contributed by atoms with van der Waals surface area (Å²) in [5.74, 6) is -1.45. The molecule has 0 bridgehead atoms. The van der Waals surface area contributed by atoms with Crippen LogP contribution in [0.15, 0.2) is 24.3 Å². The van der Waals surface area contributed by atoms with Crippen molar-refractivity contribution in [3.8, 4) is 0 Å². The van der Waals surface area contributed by atoms with E-state index >= 15 is 0 Å². The van der Waals surface area contributed by atoms with Gasteiger partial charge in [-0.3, -0.25) is 14.5 Å². The van der Waals surface area contributed by atoms with Crippen LogP contribution < -0.4 is 5.32 Å². The van der Waals surface area contributed by atoms with E-state index in [1.807, 2.05) is 0 Å². The molecule has 4 aliphatic rings. The van der Waals surface area contributed by atoms with Gasteiger partial charge in [-0.05, 0) is 18.9 Å². The maximum absolute atomic E-state index is 13.9. The normalized spacial score (nSPS) is 27.0. The van der Waals surface area contributed by atoms with Crippen molar-refractivity contribution in [1.29, 1.82) is 0 Å².